The molecule has 0 radical (unpaired) electrons. The van der Waals surface area contributed by atoms with Gasteiger partial charge in [-0.1, -0.05) is 17.7 Å². The molecule has 0 fully saturated rings. The summed E-state index contributed by atoms with van der Waals surface area (Å²) in [5.41, 5.74) is 5.17. The van der Waals surface area contributed by atoms with Crippen LogP contribution in [0.3, 0.4) is 0 Å². The van der Waals surface area contributed by atoms with E-state index in [0.29, 0.717) is 17.1 Å². The summed E-state index contributed by atoms with van der Waals surface area (Å²) in [7, 11) is 0. The van der Waals surface area contributed by atoms with Crippen LogP contribution in [0.2, 0.25) is 5.02 Å². The summed E-state index contributed by atoms with van der Waals surface area (Å²) in [5.74, 6) is -0.751. The van der Waals surface area contributed by atoms with Gasteiger partial charge in [0.15, 0.2) is 0 Å². The first kappa shape index (κ1) is 13.9. The Morgan fingerprint density at radius 3 is 2.71 bits per heavy atom. The highest BCUT2D eigenvalue weighted by Gasteiger charge is 2.20. The van der Waals surface area contributed by atoms with Crippen molar-refractivity contribution in [2.24, 2.45) is 5.73 Å². The van der Waals surface area contributed by atoms with E-state index in [2.05, 4.69) is 5.32 Å². The summed E-state index contributed by atoms with van der Waals surface area (Å²) in [6, 6.07) is 4.51. The number of carbonyl (C=O) groups is 1. The predicted molar refractivity (Wildman–Crippen MR) is 66.1 cm³/mol. The average Bonchev–Trinajstić information content (AvgIpc) is 2.14. The van der Waals surface area contributed by atoms with Crippen LogP contribution in [0.15, 0.2) is 18.2 Å². The number of nitrogens with two attached hydrogens (primary N) is 1. The van der Waals surface area contributed by atoms with Gasteiger partial charge in [0.2, 0.25) is 5.91 Å². The Kier molecular flexibility index (Phi) is 4.48. The number of benzene rings is 1. The predicted octanol–water partition coefficient (Wildman–Crippen LogP) is 2.22. The third-order valence-corrected chi connectivity index (χ3v) is 2.62. The lowest BCUT2D eigenvalue weighted by Gasteiger charge is -2.25. The molecule has 17 heavy (non-hydrogen) atoms. The van der Waals surface area contributed by atoms with E-state index >= 15 is 0 Å². The zero-order chi connectivity index (χ0) is 13.1. The number of carbonyl (C=O) groups excluding carboxylic acids is 1. The lowest BCUT2D eigenvalue weighted by Crippen LogP contribution is -2.42. The SMILES string of the molecule is CC(C)(CC(N)=O)NCc1ccc(Cl)cc1F. The van der Waals surface area contributed by atoms with Crippen molar-refractivity contribution >= 4 is 17.5 Å². The summed E-state index contributed by atoms with van der Waals surface area (Å²) >= 11 is 5.65. The van der Waals surface area contributed by atoms with Crippen LogP contribution in [0.1, 0.15) is 25.8 Å². The third-order valence-electron chi connectivity index (χ3n) is 2.39. The van der Waals surface area contributed by atoms with E-state index in [1.54, 1.807) is 12.1 Å². The standard InChI is InChI=1S/C12H16ClFN2O/c1-12(2,6-11(15)17)16-7-8-3-4-9(13)5-10(8)14/h3-5,16H,6-7H2,1-2H3,(H2,15,17). The Balaban J connectivity index is 2.64. The van der Waals surface area contributed by atoms with Crippen LogP contribution in [0, 0.1) is 5.82 Å². The number of rotatable bonds is 5. The van der Waals surface area contributed by atoms with Crippen LogP contribution < -0.4 is 11.1 Å². The highest BCUT2D eigenvalue weighted by atomic mass is 35.5. The second-order valence-corrected chi connectivity index (χ2v) is 5.05. The maximum Gasteiger partial charge on any atom is 0.219 e. The van der Waals surface area contributed by atoms with Crippen molar-refractivity contribution in [1.29, 1.82) is 0 Å². The van der Waals surface area contributed by atoms with Crippen LogP contribution in [0.5, 0.6) is 0 Å². The fourth-order valence-electron chi connectivity index (χ4n) is 1.50. The molecule has 0 aromatic heterocycles. The summed E-state index contributed by atoms with van der Waals surface area (Å²) in [6.07, 6.45) is 0.197. The van der Waals surface area contributed by atoms with E-state index in [0.717, 1.165) is 0 Å². The first-order valence-corrected chi connectivity index (χ1v) is 5.65. The Hall–Kier alpha value is -1.13. The molecule has 1 aromatic rings. The number of hydrogen-bond acceptors (Lipinski definition) is 2. The minimum atomic E-state index is -0.460. The lowest BCUT2D eigenvalue weighted by atomic mass is 10.00. The Labute approximate surface area is 105 Å². The topological polar surface area (TPSA) is 55.1 Å². The van der Waals surface area contributed by atoms with E-state index in [1.807, 2.05) is 13.8 Å². The van der Waals surface area contributed by atoms with Gasteiger partial charge in [-0.2, -0.15) is 0 Å². The van der Waals surface area contributed by atoms with E-state index in [-0.39, 0.29) is 18.1 Å². The second-order valence-electron chi connectivity index (χ2n) is 4.62. The Bertz CT molecular complexity index is 421. The van der Waals surface area contributed by atoms with Gasteiger partial charge in [-0.05, 0) is 26.0 Å². The van der Waals surface area contributed by atoms with Crippen LogP contribution in [-0.2, 0) is 11.3 Å². The van der Waals surface area contributed by atoms with Crippen LogP contribution >= 0.6 is 11.6 Å². The molecule has 0 spiro atoms. The zero-order valence-corrected chi connectivity index (χ0v) is 10.6. The van der Waals surface area contributed by atoms with Gasteiger partial charge in [-0.3, -0.25) is 4.79 Å². The minimum Gasteiger partial charge on any atom is -0.370 e. The van der Waals surface area contributed by atoms with Gasteiger partial charge in [0.05, 0.1) is 0 Å². The number of hydrogen-bond donors (Lipinski definition) is 2. The molecule has 0 heterocycles. The molecule has 1 amide bonds. The Morgan fingerprint density at radius 2 is 2.18 bits per heavy atom. The quantitative estimate of drug-likeness (QED) is 0.851. The number of amides is 1. The number of halogens is 2. The molecule has 0 atom stereocenters. The van der Waals surface area contributed by atoms with Gasteiger partial charge in [0.25, 0.3) is 0 Å². The summed E-state index contributed by atoms with van der Waals surface area (Å²) in [5, 5.41) is 3.45. The fraction of sp³-hybridized carbons (Fsp3) is 0.417. The van der Waals surface area contributed by atoms with Crippen molar-refractivity contribution in [1.82, 2.24) is 5.32 Å². The van der Waals surface area contributed by atoms with Crippen LogP contribution in [0.4, 0.5) is 4.39 Å². The smallest absolute Gasteiger partial charge is 0.219 e. The molecule has 0 aliphatic carbocycles. The summed E-state index contributed by atoms with van der Waals surface area (Å²) in [6.45, 7) is 4.00. The largest absolute Gasteiger partial charge is 0.370 e. The number of nitrogens with one attached hydrogen (secondary N) is 1. The first-order valence-electron chi connectivity index (χ1n) is 5.27. The van der Waals surface area contributed by atoms with E-state index in [1.165, 1.54) is 6.07 Å². The van der Waals surface area contributed by atoms with Gasteiger partial charge in [0.1, 0.15) is 5.82 Å². The van der Waals surface area contributed by atoms with E-state index in [9.17, 15) is 9.18 Å². The van der Waals surface area contributed by atoms with Gasteiger partial charge in [0, 0.05) is 29.1 Å². The summed E-state index contributed by atoms with van der Waals surface area (Å²) < 4.78 is 13.5. The van der Waals surface area contributed by atoms with Crippen molar-refractivity contribution < 1.29 is 9.18 Å². The van der Waals surface area contributed by atoms with E-state index in [4.69, 9.17) is 17.3 Å². The molecular formula is C12H16ClFN2O. The minimum absolute atomic E-state index is 0.197. The molecule has 0 unspecified atom stereocenters. The molecule has 0 saturated carbocycles. The fourth-order valence-corrected chi connectivity index (χ4v) is 1.66. The van der Waals surface area contributed by atoms with Crippen molar-refractivity contribution in [3.63, 3.8) is 0 Å². The molecule has 5 heteroatoms. The van der Waals surface area contributed by atoms with Crippen LogP contribution in [0.25, 0.3) is 0 Å². The molecule has 0 saturated heterocycles. The molecule has 0 bridgehead atoms. The molecule has 0 aliphatic rings. The monoisotopic (exact) mass is 258 g/mol. The number of primary amides is 1. The summed E-state index contributed by atoms with van der Waals surface area (Å²) in [4.78, 5) is 10.8. The maximum atomic E-state index is 13.5. The molecule has 3 N–H and O–H groups in total. The molecular weight excluding hydrogens is 243 g/mol. The van der Waals surface area contributed by atoms with Crippen molar-refractivity contribution in [2.75, 3.05) is 0 Å². The van der Waals surface area contributed by atoms with Gasteiger partial charge < -0.3 is 11.1 Å². The lowest BCUT2D eigenvalue weighted by molar-refractivity contribution is -0.119. The normalized spacial score (nSPS) is 11.5. The highest BCUT2D eigenvalue weighted by Crippen LogP contribution is 2.16. The van der Waals surface area contributed by atoms with Crippen molar-refractivity contribution in [3.05, 3.63) is 34.6 Å². The van der Waals surface area contributed by atoms with Gasteiger partial charge in [-0.15, -0.1) is 0 Å². The average molecular weight is 259 g/mol. The van der Waals surface area contributed by atoms with Crippen LogP contribution in [-0.4, -0.2) is 11.4 Å². The second kappa shape index (κ2) is 5.47. The first-order chi connectivity index (χ1) is 7.80. The molecule has 0 aliphatic heterocycles. The van der Waals surface area contributed by atoms with Crippen molar-refractivity contribution in [3.8, 4) is 0 Å². The van der Waals surface area contributed by atoms with E-state index < -0.39 is 5.54 Å². The Morgan fingerprint density at radius 1 is 1.53 bits per heavy atom. The maximum absolute atomic E-state index is 13.5. The van der Waals surface area contributed by atoms with Crippen molar-refractivity contribution in [2.45, 2.75) is 32.4 Å². The third kappa shape index (κ3) is 4.71. The molecule has 94 valence electrons. The highest BCUT2D eigenvalue weighted by molar-refractivity contribution is 6.30. The van der Waals surface area contributed by atoms with Gasteiger partial charge >= 0.3 is 0 Å². The molecule has 1 aromatic carbocycles. The molecule has 1 rings (SSSR count). The van der Waals surface area contributed by atoms with Gasteiger partial charge in [-0.25, -0.2) is 4.39 Å². The molecule has 3 nitrogen and oxygen atoms in total. The zero-order valence-electron chi connectivity index (χ0n) is 9.89.